The monoisotopic (exact) mass is 224 g/mol. The van der Waals surface area contributed by atoms with Crippen LogP contribution >= 0.6 is 0 Å². The minimum Gasteiger partial charge on any atom is -0.321 e. The Morgan fingerprint density at radius 2 is 2.25 bits per heavy atom. The predicted octanol–water partition coefficient (Wildman–Crippen LogP) is 0.783. The fourth-order valence-electron chi connectivity index (χ4n) is 1.62. The molecule has 90 valence electrons. The van der Waals surface area contributed by atoms with E-state index < -0.39 is 0 Å². The molecule has 0 fully saturated rings. The van der Waals surface area contributed by atoms with Crippen LogP contribution < -0.4 is 5.73 Å². The van der Waals surface area contributed by atoms with Gasteiger partial charge in [-0.15, -0.1) is 0 Å². The molecule has 1 heterocycles. The van der Waals surface area contributed by atoms with Gasteiger partial charge in [0.25, 0.3) is 0 Å². The Balaban J connectivity index is 2.57. The zero-order chi connectivity index (χ0) is 12.1. The maximum absolute atomic E-state index is 11.8. The van der Waals surface area contributed by atoms with Crippen LogP contribution in [0.4, 0.5) is 0 Å². The number of Topliss-reactive ketones (excluding diaryl/α,β-unsaturated/α-hetero) is 1. The molecule has 0 aliphatic carbocycles. The third-order valence-corrected chi connectivity index (χ3v) is 2.47. The van der Waals surface area contributed by atoms with Crippen molar-refractivity contribution in [2.45, 2.75) is 46.2 Å². The summed E-state index contributed by atoms with van der Waals surface area (Å²) < 4.78 is 1.72. The summed E-state index contributed by atoms with van der Waals surface area (Å²) in [6, 6.07) is -0.387. The van der Waals surface area contributed by atoms with Gasteiger partial charge in [0.15, 0.2) is 5.78 Å². The van der Waals surface area contributed by atoms with Crippen molar-refractivity contribution in [1.82, 2.24) is 14.8 Å². The van der Waals surface area contributed by atoms with E-state index in [0.717, 1.165) is 13.0 Å². The maximum atomic E-state index is 11.8. The molecule has 0 aromatic carbocycles. The van der Waals surface area contributed by atoms with Crippen molar-refractivity contribution in [1.29, 1.82) is 0 Å². The van der Waals surface area contributed by atoms with E-state index in [4.69, 9.17) is 5.73 Å². The number of ketones is 1. The molecule has 0 spiro atoms. The molecule has 0 aliphatic heterocycles. The highest BCUT2D eigenvalue weighted by molar-refractivity contribution is 5.85. The first-order chi connectivity index (χ1) is 7.54. The zero-order valence-electron chi connectivity index (χ0n) is 10.2. The smallest absolute Gasteiger partial charge is 0.157 e. The molecule has 0 saturated heterocycles. The number of aromatic nitrogens is 3. The number of aryl methyl sites for hydroxylation is 1. The molecule has 0 radical (unpaired) electrons. The van der Waals surface area contributed by atoms with E-state index in [1.54, 1.807) is 4.68 Å². The van der Waals surface area contributed by atoms with Crippen LogP contribution in [0.5, 0.6) is 0 Å². The summed E-state index contributed by atoms with van der Waals surface area (Å²) in [5.41, 5.74) is 5.82. The Hall–Kier alpha value is -1.23. The molecule has 1 unspecified atom stereocenters. The molecule has 5 nitrogen and oxygen atoms in total. The minimum absolute atomic E-state index is 0.0383. The molecule has 0 saturated carbocycles. The summed E-state index contributed by atoms with van der Waals surface area (Å²) in [6.45, 7) is 6.81. The summed E-state index contributed by atoms with van der Waals surface area (Å²) in [6.07, 6.45) is 2.47. The van der Waals surface area contributed by atoms with Crippen LogP contribution in [0.15, 0.2) is 6.33 Å². The van der Waals surface area contributed by atoms with Crippen molar-refractivity contribution < 1.29 is 4.79 Å². The first-order valence-corrected chi connectivity index (χ1v) is 5.69. The first kappa shape index (κ1) is 12.8. The summed E-state index contributed by atoms with van der Waals surface area (Å²) in [7, 11) is 0. The molecular formula is C11H20N4O. The van der Waals surface area contributed by atoms with E-state index in [1.165, 1.54) is 6.33 Å². The van der Waals surface area contributed by atoms with Gasteiger partial charge in [-0.1, -0.05) is 13.8 Å². The molecule has 1 atom stereocenters. The fourth-order valence-corrected chi connectivity index (χ4v) is 1.62. The van der Waals surface area contributed by atoms with Crippen LogP contribution in [0.25, 0.3) is 0 Å². The van der Waals surface area contributed by atoms with Gasteiger partial charge in [-0.05, 0) is 19.3 Å². The van der Waals surface area contributed by atoms with E-state index in [2.05, 4.69) is 23.9 Å². The van der Waals surface area contributed by atoms with Gasteiger partial charge in [-0.3, -0.25) is 4.79 Å². The molecule has 5 heteroatoms. The fraction of sp³-hybridized carbons (Fsp3) is 0.727. The molecule has 1 aromatic heterocycles. The summed E-state index contributed by atoms with van der Waals surface area (Å²) in [5.74, 6) is 1.17. The van der Waals surface area contributed by atoms with Crippen molar-refractivity contribution in [2.24, 2.45) is 11.7 Å². The van der Waals surface area contributed by atoms with Gasteiger partial charge in [0, 0.05) is 6.54 Å². The Bertz CT molecular complexity index is 346. The number of rotatable bonds is 6. The second kappa shape index (κ2) is 5.75. The van der Waals surface area contributed by atoms with E-state index >= 15 is 0 Å². The van der Waals surface area contributed by atoms with E-state index in [0.29, 0.717) is 11.7 Å². The molecule has 0 aliphatic rings. The van der Waals surface area contributed by atoms with Crippen molar-refractivity contribution in [3.63, 3.8) is 0 Å². The van der Waals surface area contributed by atoms with E-state index in [1.807, 2.05) is 6.92 Å². The lowest BCUT2D eigenvalue weighted by Crippen LogP contribution is -2.33. The number of hydrogen-bond donors (Lipinski definition) is 1. The molecule has 1 aromatic rings. The number of carbonyl (C=O) groups excluding carboxylic acids is 1. The average Bonchev–Trinajstić information content (AvgIpc) is 2.64. The van der Waals surface area contributed by atoms with Crippen molar-refractivity contribution >= 4 is 5.78 Å². The van der Waals surface area contributed by atoms with Crippen LogP contribution in [-0.4, -0.2) is 26.6 Å². The number of nitrogens with two attached hydrogens (primary N) is 1. The largest absolute Gasteiger partial charge is 0.321 e. The molecule has 1 rings (SSSR count). The second-order valence-electron chi connectivity index (χ2n) is 4.37. The highest BCUT2D eigenvalue weighted by Crippen LogP contribution is 2.06. The molecular weight excluding hydrogens is 204 g/mol. The molecule has 16 heavy (non-hydrogen) atoms. The third-order valence-electron chi connectivity index (χ3n) is 2.47. The third kappa shape index (κ3) is 3.41. The van der Waals surface area contributed by atoms with Gasteiger partial charge in [0.05, 0.1) is 12.5 Å². The number of nitrogens with zero attached hydrogens (tertiary/aromatic N) is 3. The molecule has 0 bridgehead atoms. The van der Waals surface area contributed by atoms with Crippen LogP contribution in [0.2, 0.25) is 0 Å². The van der Waals surface area contributed by atoms with Gasteiger partial charge in [0.1, 0.15) is 12.2 Å². The SMILES string of the molecule is CCn1ncnc1CC(=O)C(N)CC(C)C. The van der Waals surface area contributed by atoms with Gasteiger partial charge >= 0.3 is 0 Å². The Morgan fingerprint density at radius 1 is 1.56 bits per heavy atom. The van der Waals surface area contributed by atoms with Crippen LogP contribution in [0, 0.1) is 5.92 Å². The molecule has 2 N–H and O–H groups in total. The van der Waals surface area contributed by atoms with E-state index in [-0.39, 0.29) is 18.2 Å². The Kier molecular flexibility index (Phi) is 4.61. The maximum Gasteiger partial charge on any atom is 0.157 e. The average molecular weight is 224 g/mol. The van der Waals surface area contributed by atoms with Crippen molar-refractivity contribution in [3.05, 3.63) is 12.2 Å². The highest BCUT2D eigenvalue weighted by Gasteiger charge is 2.17. The standard InChI is InChI=1S/C11H20N4O/c1-4-15-11(13-7-14-15)6-10(16)9(12)5-8(2)3/h7-9H,4-6,12H2,1-3H3. The lowest BCUT2D eigenvalue weighted by atomic mass is 9.99. The highest BCUT2D eigenvalue weighted by atomic mass is 16.1. The summed E-state index contributed by atoms with van der Waals surface area (Å²) in [5, 5.41) is 4.02. The predicted molar refractivity (Wildman–Crippen MR) is 61.8 cm³/mol. The minimum atomic E-state index is -0.387. The Morgan fingerprint density at radius 3 is 2.81 bits per heavy atom. The lowest BCUT2D eigenvalue weighted by Gasteiger charge is -2.12. The van der Waals surface area contributed by atoms with Crippen LogP contribution in [0.1, 0.15) is 33.0 Å². The normalized spacial score (nSPS) is 13.1. The lowest BCUT2D eigenvalue weighted by molar-refractivity contribution is -0.120. The topological polar surface area (TPSA) is 73.8 Å². The number of carbonyl (C=O) groups is 1. The van der Waals surface area contributed by atoms with Gasteiger partial charge < -0.3 is 5.73 Å². The zero-order valence-corrected chi connectivity index (χ0v) is 10.2. The summed E-state index contributed by atoms with van der Waals surface area (Å²) >= 11 is 0. The van der Waals surface area contributed by atoms with Crippen LogP contribution in [-0.2, 0) is 17.8 Å². The second-order valence-corrected chi connectivity index (χ2v) is 4.37. The first-order valence-electron chi connectivity index (χ1n) is 5.69. The van der Waals surface area contributed by atoms with Gasteiger partial charge in [-0.25, -0.2) is 9.67 Å². The van der Waals surface area contributed by atoms with Crippen molar-refractivity contribution in [3.8, 4) is 0 Å². The van der Waals surface area contributed by atoms with Gasteiger partial charge in [0.2, 0.25) is 0 Å². The van der Waals surface area contributed by atoms with Crippen LogP contribution in [0.3, 0.4) is 0 Å². The summed E-state index contributed by atoms with van der Waals surface area (Å²) in [4.78, 5) is 15.9. The molecule has 0 amide bonds. The van der Waals surface area contributed by atoms with Crippen molar-refractivity contribution in [2.75, 3.05) is 0 Å². The Labute approximate surface area is 96.0 Å². The van der Waals surface area contributed by atoms with Gasteiger partial charge in [-0.2, -0.15) is 5.10 Å². The quantitative estimate of drug-likeness (QED) is 0.775. The number of hydrogen-bond acceptors (Lipinski definition) is 4. The van der Waals surface area contributed by atoms with E-state index in [9.17, 15) is 4.79 Å².